The SMILES string of the molecule is C=C(C)CSc1nc2nc3c(cc2c(=O)n1-c1cccc(C)c1)COC(C)(C)C3. The molecule has 150 valence electrons. The molecule has 0 saturated heterocycles. The Balaban J connectivity index is 1.95. The van der Waals surface area contributed by atoms with Crippen LogP contribution in [0.3, 0.4) is 0 Å². The van der Waals surface area contributed by atoms with Crippen LogP contribution >= 0.6 is 11.8 Å². The Hall–Kier alpha value is -2.44. The van der Waals surface area contributed by atoms with Gasteiger partial charge in [-0.25, -0.2) is 9.97 Å². The molecule has 6 heteroatoms. The second kappa shape index (κ2) is 7.43. The summed E-state index contributed by atoms with van der Waals surface area (Å²) in [6, 6.07) is 9.80. The van der Waals surface area contributed by atoms with Crippen molar-refractivity contribution in [1.82, 2.24) is 14.5 Å². The van der Waals surface area contributed by atoms with Crippen LogP contribution in [0.5, 0.6) is 0 Å². The third-order valence-corrected chi connectivity index (χ3v) is 6.09. The largest absolute Gasteiger partial charge is 0.370 e. The van der Waals surface area contributed by atoms with E-state index in [0.29, 0.717) is 35.0 Å². The lowest BCUT2D eigenvalue weighted by Gasteiger charge is -2.31. The van der Waals surface area contributed by atoms with E-state index in [1.54, 1.807) is 4.57 Å². The highest BCUT2D eigenvalue weighted by Crippen LogP contribution is 2.29. The highest BCUT2D eigenvalue weighted by molar-refractivity contribution is 7.99. The van der Waals surface area contributed by atoms with Crippen molar-refractivity contribution in [3.8, 4) is 5.69 Å². The van der Waals surface area contributed by atoms with Gasteiger partial charge in [-0.2, -0.15) is 0 Å². The number of thioether (sulfide) groups is 1. The molecule has 0 spiro atoms. The number of fused-ring (bicyclic) bond motifs is 2. The number of pyridine rings is 1. The first-order valence-corrected chi connectivity index (χ1v) is 10.7. The van der Waals surface area contributed by atoms with Gasteiger partial charge in [0, 0.05) is 17.7 Å². The molecule has 1 aromatic carbocycles. The van der Waals surface area contributed by atoms with Crippen molar-refractivity contribution in [2.75, 3.05) is 5.75 Å². The van der Waals surface area contributed by atoms with Crippen molar-refractivity contribution in [3.05, 3.63) is 69.7 Å². The molecule has 5 nitrogen and oxygen atoms in total. The van der Waals surface area contributed by atoms with E-state index in [-0.39, 0.29) is 11.2 Å². The second-order valence-electron chi connectivity index (χ2n) is 8.31. The van der Waals surface area contributed by atoms with Crippen molar-refractivity contribution < 1.29 is 4.74 Å². The smallest absolute Gasteiger partial charge is 0.268 e. The number of aromatic nitrogens is 3. The first kappa shape index (κ1) is 19.9. The first-order chi connectivity index (χ1) is 13.7. The Morgan fingerprint density at radius 3 is 2.83 bits per heavy atom. The fourth-order valence-electron chi connectivity index (χ4n) is 3.46. The highest BCUT2D eigenvalue weighted by Gasteiger charge is 2.28. The van der Waals surface area contributed by atoms with Crippen LogP contribution in [0.25, 0.3) is 16.7 Å². The number of aryl methyl sites for hydroxylation is 1. The van der Waals surface area contributed by atoms with Gasteiger partial charge in [0.1, 0.15) is 0 Å². The minimum absolute atomic E-state index is 0.107. The van der Waals surface area contributed by atoms with E-state index in [1.807, 2.05) is 44.2 Å². The van der Waals surface area contributed by atoms with E-state index < -0.39 is 0 Å². The summed E-state index contributed by atoms with van der Waals surface area (Å²) in [5, 5.41) is 1.16. The maximum absolute atomic E-state index is 13.5. The average Bonchev–Trinajstić information content (AvgIpc) is 2.64. The molecule has 0 amide bonds. The van der Waals surface area contributed by atoms with Crippen LogP contribution in [-0.4, -0.2) is 25.9 Å². The maximum atomic E-state index is 13.5. The normalized spacial score (nSPS) is 15.3. The molecule has 0 atom stereocenters. The first-order valence-electron chi connectivity index (χ1n) is 9.67. The summed E-state index contributed by atoms with van der Waals surface area (Å²) in [7, 11) is 0. The Bertz CT molecular complexity index is 1180. The molecule has 0 fully saturated rings. The minimum atomic E-state index is -0.262. The van der Waals surface area contributed by atoms with Crippen LogP contribution in [0.15, 0.2) is 52.4 Å². The Morgan fingerprint density at radius 1 is 1.31 bits per heavy atom. The second-order valence-corrected chi connectivity index (χ2v) is 9.25. The third kappa shape index (κ3) is 4.00. The number of benzene rings is 1. The standard InChI is InChI=1S/C23H25N3O2S/c1-14(2)13-29-22-25-20-18(10-16-12-28-23(4,5)11-19(16)24-20)21(27)26(22)17-8-6-7-15(3)9-17/h6-10H,1,11-13H2,2-5H3. The Kier molecular flexibility index (Phi) is 5.09. The number of rotatable bonds is 4. The number of nitrogens with zero attached hydrogens (tertiary/aromatic N) is 3. The van der Waals surface area contributed by atoms with Gasteiger partial charge in [-0.1, -0.05) is 36.0 Å². The fraction of sp³-hybridized carbons (Fsp3) is 0.348. The van der Waals surface area contributed by atoms with Crippen molar-refractivity contribution in [1.29, 1.82) is 0 Å². The summed E-state index contributed by atoms with van der Waals surface area (Å²) in [6.07, 6.45) is 0.704. The van der Waals surface area contributed by atoms with Gasteiger partial charge in [0.05, 0.1) is 29.0 Å². The van der Waals surface area contributed by atoms with Crippen molar-refractivity contribution in [2.24, 2.45) is 0 Å². The Morgan fingerprint density at radius 2 is 2.10 bits per heavy atom. The molecule has 29 heavy (non-hydrogen) atoms. The van der Waals surface area contributed by atoms with Gasteiger partial charge in [-0.15, -0.1) is 0 Å². The molecule has 2 aromatic heterocycles. The lowest BCUT2D eigenvalue weighted by Crippen LogP contribution is -2.33. The van der Waals surface area contributed by atoms with Crippen LogP contribution in [0, 0.1) is 6.92 Å². The van der Waals surface area contributed by atoms with E-state index in [4.69, 9.17) is 14.7 Å². The molecule has 1 aliphatic rings. The van der Waals surface area contributed by atoms with E-state index >= 15 is 0 Å². The summed E-state index contributed by atoms with van der Waals surface area (Å²) in [5.74, 6) is 0.690. The number of hydrogen-bond donors (Lipinski definition) is 0. The predicted octanol–water partition coefficient (Wildman–Crippen LogP) is 4.61. The quantitative estimate of drug-likeness (QED) is 0.359. The monoisotopic (exact) mass is 407 g/mol. The van der Waals surface area contributed by atoms with Crippen LogP contribution < -0.4 is 5.56 Å². The predicted molar refractivity (Wildman–Crippen MR) is 118 cm³/mol. The van der Waals surface area contributed by atoms with Gasteiger partial charge in [0.15, 0.2) is 10.8 Å². The molecule has 3 aromatic rings. The molecule has 0 unspecified atom stereocenters. The van der Waals surface area contributed by atoms with Gasteiger partial charge >= 0.3 is 0 Å². The average molecular weight is 408 g/mol. The zero-order valence-corrected chi connectivity index (χ0v) is 18.1. The van der Waals surface area contributed by atoms with E-state index in [0.717, 1.165) is 28.1 Å². The topological polar surface area (TPSA) is 57.0 Å². The lowest BCUT2D eigenvalue weighted by molar-refractivity contribution is -0.0411. The van der Waals surface area contributed by atoms with Gasteiger partial charge in [0.2, 0.25) is 0 Å². The molecular formula is C23H25N3O2S. The Labute approximate surface area is 174 Å². The zero-order valence-electron chi connectivity index (χ0n) is 17.3. The van der Waals surface area contributed by atoms with Crippen molar-refractivity contribution in [3.63, 3.8) is 0 Å². The molecule has 0 radical (unpaired) electrons. The van der Waals surface area contributed by atoms with E-state index in [1.165, 1.54) is 11.8 Å². The molecular weight excluding hydrogens is 382 g/mol. The molecule has 0 aliphatic carbocycles. The van der Waals surface area contributed by atoms with Crippen LogP contribution in [0.1, 0.15) is 37.6 Å². The number of hydrogen-bond acceptors (Lipinski definition) is 5. The van der Waals surface area contributed by atoms with Gasteiger partial charge in [0.25, 0.3) is 5.56 Å². The van der Waals surface area contributed by atoms with Crippen LogP contribution in [0.2, 0.25) is 0 Å². The number of ether oxygens (including phenoxy) is 1. The van der Waals surface area contributed by atoms with Gasteiger partial charge in [-0.05, 0) is 51.5 Å². The van der Waals surface area contributed by atoms with Crippen LogP contribution in [-0.2, 0) is 17.8 Å². The van der Waals surface area contributed by atoms with Gasteiger partial charge in [-0.3, -0.25) is 9.36 Å². The third-order valence-electron chi connectivity index (χ3n) is 4.92. The molecule has 0 N–H and O–H groups in total. The minimum Gasteiger partial charge on any atom is -0.370 e. The highest BCUT2D eigenvalue weighted by atomic mass is 32.2. The van der Waals surface area contributed by atoms with E-state index in [9.17, 15) is 4.79 Å². The fourth-order valence-corrected chi connectivity index (χ4v) is 4.30. The van der Waals surface area contributed by atoms with Gasteiger partial charge < -0.3 is 4.74 Å². The summed E-state index contributed by atoms with van der Waals surface area (Å²) in [4.78, 5) is 23.1. The zero-order chi connectivity index (χ0) is 20.8. The van der Waals surface area contributed by atoms with Crippen molar-refractivity contribution >= 4 is 22.8 Å². The maximum Gasteiger partial charge on any atom is 0.268 e. The molecule has 3 heterocycles. The molecule has 4 rings (SSSR count). The van der Waals surface area contributed by atoms with E-state index in [2.05, 4.69) is 20.4 Å². The summed E-state index contributed by atoms with van der Waals surface area (Å²) in [6.45, 7) is 12.5. The summed E-state index contributed by atoms with van der Waals surface area (Å²) < 4.78 is 7.60. The summed E-state index contributed by atoms with van der Waals surface area (Å²) in [5.41, 5.74) is 4.98. The summed E-state index contributed by atoms with van der Waals surface area (Å²) >= 11 is 1.51. The van der Waals surface area contributed by atoms with Crippen LogP contribution in [0.4, 0.5) is 0 Å². The molecule has 0 saturated carbocycles. The van der Waals surface area contributed by atoms with Crippen molar-refractivity contribution in [2.45, 2.75) is 51.5 Å². The molecule has 0 bridgehead atoms. The lowest BCUT2D eigenvalue weighted by atomic mass is 9.95. The molecule has 1 aliphatic heterocycles.